The van der Waals surface area contributed by atoms with Gasteiger partial charge in [0.1, 0.15) is 22.4 Å². The van der Waals surface area contributed by atoms with E-state index in [1.807, 2.05) is 77.6 Å². The first-order valence-electron chi connectivity index (χ1n) is 10.9. The molecule has 4 aromatic rings. The minimum atomic E-state index is -0.150. The molecular weight excluding hydrogens is 478 g/mol. The Kier molecular flexibility index (Phi) is 6.65. The van der Waals surface area contributed by atoms with E-state index in [0.29, 0.717) is 28.1 Å². The number of carbonyl (C=O) groups excluding carboxylic acids is 1. The van der Waals surface area contributed by atoms with Crippen molar-refractivity contribution in [1.82, 2.24) is 14.7 Å². The largest absolute Gasteiger partial charge is 0.490 e. The highest BCUT2D eigenvalue weighted by Gasteiger charge is 2.33. The van der Waals surface area contributed by atoms with Gasteiger partial charge in [0.2, 0.25) is 0 Å². The van der Waals surface area contributed by atoms with Crippen LogP contribution in [-0.2, 0) is 11.3 Å². The number of benzene rings is 2. The standard InChI is InChI=1S/C27H21N3O3S2/c1-2-14-32-22-12-10-19(11-13-22)25-20(17-30(28-25)21-7-4-3-5-8-21)16-24-26(31)29(27(34)35-24)18-23-9-6-15-33-23/h2-13,15-17H,1,14,18H2/b24-16+. The van der Waals surface area contributed by atoms with Gasteiger partial charge >= 0.3 is 0 Å². The van der Waals surface area contributed by atoms with Gasteiger partial charge in [-0.15, -0.1) is 0 Å². The van der Waals surface area contributed by atoms with E-state index in [9.17, 15) is 4.79 Å². The summed E-state index contributed by atoms with van der Waals surface area (Å²) in [6, 6.07) is 21.2. The van der Waals surface area contributed by atoms with Gasteiger partial charge < -0.3 is 9.15 Å². The molecule has 2 aromatic carbocycles. The number of nitrogens with zero attached hydrogens (tertiary/aromatic N) is 3. The highest BCUT2D eigenvalue weighted by molar-refractivity contribution is 8.26. The summed E-state index contributed by atoms with van der Waals surface area (Å²) in [4.78, 5) is 15.3. The first-order chi connectivity index (χ1) is 17.1. The summed E-state index contributed by atoms with van der Waals surface area (Å²) in [5, 5.41) is 4.84. The molecule has 0 unspecified atom stereocenters. The molecule has 0 spiro atoms. The van der Waals surface area contributed by atoms with Crippen LogP contribution in [0.2, 0.25) is 0 Å². The van der Waals surface area contributed by atoms with E-state index in [1.54, 1.807) is 23.3 Å². The average Bonchev–Trinajstić information content (AvgIpc) is 3.61. The van der Waals surface area contributed by atoms with E-state index in [1.165, 1.54) is 11.8 Å². The van der Waals surface area contributed by atoms with Crippen LogP contribution in [0.1, 0.15) is 11.3 Å². The molecule has 3 heterocycles. The smallest absolute Gasteiger partial charge is 0.266 e. The zero-order valence-corrected chi connectivity index (χ0v) is 20.3. The van der Waals surface area contributed by atoms with E-state index in [4.69, 9.17) is 26.5 Å². The number of thioether (sulfide) groups is 1. The number of hydrogen-bond acceptors (Lipinski definition) is 6. The second kappa shape index (κ2) is 10.2. The molecule has 1 aliphatic heterocycles. The van der Waals surface area contributed by atoms with Crippen LogP contribution >= 0.6 is 24.0 Å². The molecular formula is C27H21N3O3S2. The molecule has 0 aliphatic carbocycles. The van der Waals surface area contributed by atoms with E-state index in [0.717, 1.165) is 28.3 Å². The quantitative estimate of drug-likeness (QED) is 0.166. The van der Waals surface area contributed by atoms with Crippen molar-refractivity contribution in [3.05, 3.63) is 108 Å². The number of carbonyl (C=O) groups is 1. The van der Waals surface area contributed by atoms with Crippen molar-refractivity contribution in [2.24, 2.45) is 0 Å². The Morgan fingerprint density at radius 2 is 1.89 bits per heavy atom. The zero-order chi connectivity index (χ0) is 24.2. The molecule has 0 N–H and O–H groups in total. The van der Waals surface area contributed by atoms with E-state index < -0.39 is 0 Å². The van der Waals surface area contributed by atoms with Gasteiger partial charge in [-0.2, -0.15) is 5.10 Å². The van der Waals surface area contributed by atoms with Crippen LogP contribution in [0.3, 0.4) is 0 Å². The van der Waals surface area contributed by atoms with E-state index in [2.05, 4.69) is 6.58 Å². The van der Waals surface area contributed by atoms with Gasteiger partial charge in [-0.25, -0.2) is 4.68 Å². The number of thiocarbonyl (C=S) groups is 1. The Labute approximate surface area is 212 Å². The maximum atomic E-state index is 13.2. The highest BCUT2D eigenvalue weighted by atomic mass is 32.2. The lowest BCUT2D eigenvalue weighted by Crippen LogP contribution is -2.27. The third-order valence-electron chi connectivity index (χ3n) is 5.31. The fourth-order valence-corrected chi connectivity index (χ4v) is 4.88. The molecule has 35 heavy (non-hydrogen) atoms. The fraction of sp³-hybridized carbons (Fsp3) is 0.0741. The highest BCUT2D eigenvalue weighted by Crippen LogP contribution is 2.36. The zero-order valence-electron chi connectivity index (χ0n) is 18.7. The molecule has 1 saturated heterocycles. The monoisotopic (exact) mass is 499 g/mol. The van der Waals surface area contributed by atoms with Crippen LogP contribution in [0, 0.1) is 0 Å². The van der Waals surface area contributed by atoms with Crippen LogP contribution in [0.15, 0.2) is 101 Å². The number of para-hydroxylation sites is 1. The van der Waals surface area contributed by atoms with Gasteiger partial charge in [0.25, 0.3) is 5.91 Å². The summed E-state index contributed by atoms with van der Waals surface area (Å²) in [5.41, 5.74) is 3.39. The molecule has 6 nitrogen and oxygen atoms in total. The van der Waals surface area contributed by atoms with Crippen molar-refractivity contribution in [1.29, 1.82) is 0 Å². The molecule has 0 atom stereocenters. The number of ether oxygens (including phenoxy) is 1. The first-order valence-corrected chi connectivity index (χ1v) is 12.1. The summed E-state index contributed by atoms with van der Waals surface area (Å²) in [6.45, 7) is 4.42. The van der Waals surface area contributed by atoms with E-state index in [-0.39, 0.29) is 5.91 Å². The van der Waals surface area contributed by atoms with Crippen molar-refractivity contribution >= 4 is 40.3 Å². The normalized spacial score (nSPS) is 14.6. The Morgan fingerprint density at radius 3 is 2.60 bits per heavy atom. The van der Waals surface area contributed by atoms with Crippen LogP contribution in [0.4, 0.5) is 0 Å². The van der Waals surface area contributed by atoms with Crippen LogP contribution in [-0.4, -0.2) is 31.5 Å². The number of hydrogen-bond donors (Lipinski definition) is 0. The summed E-state index contributed by atoms with van der Waals surface area (Å²) in [7, 11) is 0. The maximum absolute atomic E-state index is 13.2. The van der Waals surface area contributed by atoms with Crippen molar-refractivity contribution in [2.45, 2.75) is 6.54 Å². The van der Waals surface area contributed by atoms with Gasteiger partial charge in [0.15, 0.2) is 0 Å². The second-order valence-corrected chi connectivity index (χ2v) is 9.36. The number of amides is 1. The van der Waals surface area contributed by atoms with Gasteiger partial charge in [-0.1, -0.05) is 54.8 Å². The average molecular weight is 500 g/mol. The molecule has 8 heteroatoms. The van der Waals surface area contributed by atoms with Gasteiger partial charge in [0.05, 0.1) is 29.1 Å². The van der Waals surface area contributed by atoms with E-state index >= 15 is 0 Å². The van der Waals surface area contributed by atoms with Gasteiger partial charge in [0, 0.05) is 17.3 Å². The van der Waals surface area contributed by atoms with Gasteiger partial charge in [-0.3, -0.25) is 9.69 Å². The minimum Gasteiger partial charge on any atom is -0.490 e. The lowest BCUT2D eigenvalue weighted by molar-refractivity contribution is -0.122. The summed E-state index contributed by atoms with van der Waals surface area (Å²) < 4.78 is 13.3. The van der Waals surface area contributed by atoms with Crippen molar-refractivity contribution in [2.75, 3.05) is 6.61 Å². The van der Waals surface area contributed by atoms with Crippen molar-refractivity contribution in [3.8, 4) is 22.7 Å². The SMILES string of the molecule is C=CCOc1ccc(-c2nn(-c3ccccc3)cc2/C=C2/SC(=S)N(Cc3ccco3)C2=O)cc1. The number of furan rings is 1. The summed E-state index contributed by atoms with van der Waals surface area (Å²) in [5.74, 6) is 1.28. The predicted molar refractivity (Wildman–Crippen MR) is 142 cm³/mol. The topological polar surface area (TPSA) is 60.5 Å². The molecule has 1 fully saturated rings. The molecule has 0 bridgehead atoms. The molecule has 1 aliphatic rings. The Bertz CT molecular complexity index is 1390. The van der Waals surface area contributed by atoms with Gasteiger partial charge in [-0.05, 0) is 54.6 Å². The summed E-state index contributed by atoms with van der Waals surface area (Å²) >= 11 is 6.76. The molecule has 0 saturated carbocycles. The number of rotatable bonds is 8. The molecule has 1 amide bonds. The lowest BCUT2D eigenvalue weighted by Gasteiger charge is -2.11. The maximum Gasteiger partial charge on any atom is 0.266 e. The third-order valence-corrected chi connectivity index (χ3v) is 6.69. The van der Waals surface area contributed by atoms with Crippen LogP contribution in [0.25, 0.3) is 23.0 Å². The van der Waals surface area contributed by atoms with Crippen LogP contribution in [0.5, 0.6) is 5.75 Å². The fourth-order valence-electron chi connectivity index (χ4n) is 3.63. The predicted octanol–water partition coefficient (Wildman–Crippen LogP) is 6.10. The van der Waals surface area contributed by atoms with Crippen LogP contribution < -0.4 is 4.74 Å². The first kappa shape index (κ1) is 22.9. The molecule has 5 rings (SSSR count). The Hall–Kier alpha value is -3.88. The molecule has 174 valence electrons. The Morgan fingerprint density at radius 1 is 1.09 bits per heavy atom. The lowest BCUT2D eigenvalue weighted by atomic mass is 10.1. The number of aromatic nitrogens is 2. The van der Waals surface area contributed by atoms with Crippen molar-refractivity contribution in [3.63, 3.8) is 0 Å². The Balaban J connectivity index is 1.50. The third kappa shape index (κ3) is 4.99. The molecule has 2 aromatic heterocycles. The van der Waals surface area contributed by atoms with Crippen molar-refractivity contribution < 1.29 is 13.9 Å². The minimum absolute atomic E-state index is 0.150. The molecule has 0 radical (unpaired) electrons. The second-order valence-electron chi connectivity index (χ2n) is 7.68. The summed E-state index contributed by atoms with van der Waals surface area (Å²) in [6.07, 6.45) is 7.06.